The zero-order chi connectivity index (χ0) is 21.6. The molecule has 0 saturated carbocycles. The van der Waals surface area contributed by atoms with Gasteiger partial charge in [0.05, 0.1) is 0 Å². The number of rotatable bonds is 3. The smallest absolute Gasteiger partial charge is 0.326 e. The monoisotopic (exact) mass is 421 g/mol. The van der Waals surface area contributed by atoms with Crippen molar-refractivity contribution in [1.82, 2.24) is 4.72 Å². The van der Waals surface area contributed by atoms with Gasteiger partial charge in [-0.1, -0.05) is 32.9 Å². The van der Waals surface area contributed by atoms with Crippen LogP contribution >= 0.6 is 0 Å². The molecular formula is C19H20FN3O5S. The zero-order valence-corrected chi connectivity index (χ0v) is 16.8. The van der Waals surface area contributed by atoms with Crippen molar-refractivity contribution in [2.75, 3.05) is 16.2 Å². The molecular weight excluding hydrogens is 401 g/mol. The Morgan fingerprint density at radius 3 is 2.31 bits per heavy atom. The number of phenols is 1. The standard InChI is InChI=1S/C19H20FN3O5S/c1-19(2,3)12-6-4-11(5-7-12)18(26)21-13-8-14(20)17(15(24)9-13)23-10-16(25)22-29(23,27)28/h4-9,24H,10H2,1-3H3,(H,21,26)(H,22,25). The Balaban J connectivity index is 1.84. The van der Waals surface area contributed by atoms with Gasteiger partial charge in [0.1, 0.15) is 18.0 Å². The van der Waals surface area contributed by atoms with Crippen LogP contribution in [-0.2, 0) is 20.4 Å². The van der Waals surface area contributed by atoms with E-state index in [2.05, 4.69) is 5.32 Å². The van der Waals surface area contributed by atoms with Crippen molar-refractivity contribution in [3.05, 3.63) is 53.3 Å². The highest BCUT2D eigenvalue weighted by Gasteiger charge is 2.37. The second-order valence-corrected chi connectivity index (χ2v) is 9.24. The molecule has 1 saturated heterocycles. The highest BCUT2D eigenvalue weighted by Crippen LogP contribution is 2.36. The Morgan fingerprint density at radius 1 is 1.21 bits per heavy atom. The van der Waals surface area contributed by atoms with E-state index in [1.165, 1.54) is 0 Å². The Bertz CT molecular complexity index is 1070. The number of amides is 2. The maximum atomic E-state index is 14.5. The molecule has 2 aromatic carbocycles. The number of benzene rings is 2. The molecule has 29 heavy (non-hydrogen) atoms. The third-order valence-corrected chi connectivity index (χ3v) is 5.76. The van der Waals surface area contributed by atoms with Crippen LogP contribution in [0, 0.1) is 5.82 Å². The van der Waals surface area contributed by atoms with Gasteiger partial charge in [-0.15, -0.1) is 0 Å². The van der Waals surface area contributed by atoms with Crippen LogP contribution in [0.5, 0.6) is 5.75 Å². The Labute approximate surface area is 167 Å². The molecule has 1 aliphatic rings. The first-order valence-electron chi connectivity index (χ1n) is 8.66. The molecule has 0 aliphatic carbocycles. The second kappa shape index (κ2) is 7.03. The van der Waals surface area contributed by atoms with Gasteiger partial charge in [-0.2, -0.15) is 8.42 Å². The summed E-state index contributed by atoms with van der Waals surface area (Å²) < 4.78 is 40.4. The molecule has 0 unspecified atom stereocenters. The molecule has 1 heterocycles. The summed E-state index contributed by atoms with van der Waals surface area (Å²) in [6.07, 6.45) is 0. The molecule has 0 aromatic heterocycles. The molecule has 1 fully saturated rings. The van der Waals surface area contributed by atoms with Crippen molar-refractivity contribution in [2.24, 2.45) is 0 Å². The SMILES string of the molecule is CC(C)(C)c1ccc(C(=O)Nc2cc(O)c(N3CC(=O)NS3(=O)=O)c(F)c2)cc1. The predicted molar refractivity (Wildman–Crippen MR) is 106 cm³/mol. The molecule has 10 heteroatoms. The number of halogens is 1. The molecule has 0 radical (unpaired) electrons. The fraction of sp³-hybridized carbons (Fsp3) is 0.263. The van der Waals surface area contributed by atoms with Crippen LogP contribution in [-0.4, -0.2) is 31.9 Å². The molecule has 0 spiro atoms. The van der Waals surface area contributed by atoms with Gasteiger partial charge in [-0.25, -0.2) is 13.4 Å². The molecule has 0 atom stereocenters. The summed E-state index contributed by atoms with van der Waals surface area (Å²) in [6.45, 7) is 5.47. The average molecular weight is 421 g/mol. The van der Waals surface area contributed by atoms with Crippen molar-refractivity contribution in [3.63, 3.8) is 0 Å². The number of phenolic OH excluding ortho intramolecular Hbond substituents is 1. The maximum absolute atomic E-state index is 14.5. The topological polar surface area (TPSA) is 116 Å². The van der Waals surface area contributed by atoms with Crippen LogP contribution in [0.25, 0.3) is 0 Å². The van der Waals surface area contributed by atoms with Crippen molar-refractivity contribution in [1.29, 1.82) is 0 Å². The van der Waals surface area contributed by atoms with Gasteiger partial charge in [0.25, 0.3) is 11.8 Å². The van der Waals surface area contributed by atoms with Crippen LogP contribution < -0.4 is 14.3 Å². The first-order chi connectivity index (χ1) is 13.4. The van der Waals surface area contributed by atoms with Crippen molar-refractivity contribution < 1.29 is 27.5 Å². The Hall–Kier alpha value is -3.14. The van der Waals surface area contributed by atoms with Crippen LogP contribution in [0.4, 0.5) is 15.8 Å². The maximum Gasteiger partial charge on any atom is 0.326 e. The summed E-state index contributed by atoms with van der Waals surface area (Å²) in [5.74, 6) is -3.21. The number of anilines is 2. The van der Waals surface area contributed by atoms with E-state index in [1.807, 2.05) is 32.9 Å². The Kier molecular flexibility index (Phi) is 4.99. The summed E-state index contributed by atoms with van der Waals surface area (Å²) in [5, 5.41) is 12.6. The minimum atomic E-state index is -4.28. The van der Waals surface area contributed by atoms with E-state index in [-0.39, 0.29) is 11.1 Å². The second-order valence-electron chi connectivity index (χ2n) is 7.64. The summed E-state index contributed by atoms with van der Waals surface area (Å²) in [6, 6.07) is 8.78. The lowest BCUT2D eigenvalue weighted by Crippen LogP contribution is -2.30. The molecule has 2 aromatic rings. The van der Waals surface area contributed by atoms with E-state index in [9.17, 15) is 27.5 Å². The van der Waals surface area contributed by atoms with E-state index in [4.69, 9.17) is 0 Å². The van der Waals surface area contributed by atoms with Crippen LogP contribution in [0.15, 0.2) is 36.4 Å². The highest BCUT2D eigenvalue weighted by atomic mass is 32.2. The van der Waals surface area contributed by atoms with Gasteiger partial charge in [0.15, 0.2) is 5.82 Å². The largest absolute Gasteiger partial charge is 0.506 e. The fourth-order valence-electron chi connectivity index (χ4n) is 2.87. The number of aromatic hydroxyl groups is 1. The number of carbonyl (C=O) groups is 2. The van der Waals surface area contributed by atoms with Crippen molar-refractivity contribution in [3.8, 4) is 5.75 Å². The summed E-state index contributed by atoms with van der Waals surface area (Å²) in [5.41, 5.74) is 0.558. The molecule has 2 amide bonds. The quantitative estimate of drug-likeness (QED) is 0.703. The predicted octanol–water partition coefficient (Wildman–Crippen LogP) is 2.26. The van der Waals surface area contributed by atoms with E-state index in [0.717, 1.165) is 17.7 Å². The third kappa shape index (κ3) is 4.16. The first kappa shape index (κ1) is 20.6. The van der Waals surface area contributed by atoms with E-state index in [0.29, 0.717) is 9.87 Å². The van der Waals surface area contributed by atoms with Crippen molar-refractivity contribution in [2.45, 2.75) is 26.2 Å². The normalized spacial score (nSPS) is 15.9. The summed E-state index contributed by atoms with van der Waals surface area (Å²) in [7, 11) is -4.28. The average Bonchev–Trinajstić information content (AvgIpc) is 2.86. The third-order valence-electron chi connectivity index (χ3n) is 4.38. The molecule has 3 N–H and O–H groups in total. The van der Waals surface area contributed by atoms with Crippen molar-refractivity contribution >= 4 is 33.4 Å². The van der Waals surface area contributed by atoms with Crippen LogP contribution in [0.2, 0.25) is 0 Å². The molecule has 0 bridgehead atoms. The van der Waals surface area contributed by atoms with Gasteiger partial charge in [-0.3, -0.25) is 9.59 Å². The van der Waals surface area contributed by atoms with Gasteiger partial charge in [-0.05, 0) is 29.2 Å². The minimum Gasteiger partial charge on any atom is -0.506 e. The van der Waals surface area contributed by atoms with E-state index >= 15 is 0 Å². The number of nitrogens with one attached hydrogen (secondary N) is 2. The Morgan fingerprint density at radius 2 is 1.83 bits per heavy atom. The first-order valence-corrected chi connectivity index (χ1v) is 10.1. The van der Waals surface area contributed by atoms with Gasteiger partial charge in [0, 0.05) is 17.3 Å². The lowest BCUT2D eigenvalue weighted by molar-refractivity contribution is -0.117. The van der Waals surface area contributed by atoms with Gasteiger partial charge < -0.3 is 10.4 Å². The van der Waals surface area contributed by atoms with E-state index in [1.54, 1.807) is 16.9 Å². The van der Waals surface area contributed by atoms with Crippen LogP contribution in [0.1, 0.15) is 36.7 Å². The fourth-order valence-corrected chi connectivity index (χ4v) is 4.05. The zero-order valence-electron chi connectivity index (χ0n) is 16.0. The van der Waals surface area contributed by atoms with Gasteiger partial charge >= 0.3 is 10.2 Å². The number of hydrogen-bond donors (Lipinski definition) is 3. The van der Waals surface area contributed by atoms with E-state index < -0.39 is 45.8 Å². The molecule has 3 rings (SSSR count). The number of carbonyl (C=O) groups excluding carboxylic acids is 2. The van der Waals surface area contributed by atoms with Crippen LogP contribution in [0.3, 0.4) is 0 Å². The number of hydrogen-bond acceptors (Lipinski definition) is 5. The lowest BCUT2D eigenvalue weighted by atomic mass is 9.87. The number of nitrogens with zero attached hydrogens (tertiary/aromatic N) is 1. The minimum absolute atomic E-state index is 0.0653. The summed E-state index contributed by atoms with van der Waals surface area (Å²) in [4.78, 5) is 23.7. The molecule has 8 nitrogen and oxygen atoms in total. The highest BCUT2D eigenvalue weighted by molar-refractivity contribution is 7.92. The van der Waals surface area contributed by atoms with Gasteiger partial charge in [0.2, 0.25) is 0 Å². The summed E-state index contributed by atoms with van der Waals surface area (Å²) >= 11 is 0. The lowest BCUT2D eigenvalue weighted by Gasteiger charge is -2.19. The molecule has 1 aliphatic heterocycles. The molecule has 154 valence electrons.